The molecule has 2 aromatic rings. The van der Waals surface area contributed by atoms with Gasteiger partial charge in [0.15, 0.2) is 0 Å². The van der Waals surface area contributed by atoms with E-state index in [1.54, 1.807) is 30.3 Å². The molecule has 0 aliphatic heterocycles. The molecule has 114 valence electrons. The summed E-state index contributed by atoms with van der Waals surface area (Å²) in [5.41, 5.74) is 0.894. The number of para-hydroxylation sites is 1. The molecule has 7 heteroatoms. The van der Waals surface area contributed by atoms with Crippen molar-refractivity contribution in [2.45, 2.75) is 13.0 Å². The highest BCUT2D eigenvalue weighted by molar-refractivity contribution is 6.42. The zero-order chi connectivity index (χ0) is 16.1. The van der Waals surface area contributed by atoms with E-state index in [4.69, 9.17) is 27.9 Å². The summed E-state index contributed by atoms with van der Waals surface area (Å²) in [6.45, 7) is 0.0242. The van der Waals surface area contributed by atoms with E-state index in [0.29, 0.717) is 21.2 Å². The van der Waals surface area contributed by atoms with Crippen LogP contribution in [0, 0.1) is 10.1 Å². The van der Waals surface area contributed by atoms with E-state index in [0.717, 1.165) is 0 Å². The minimum absolute atomic E-state index is 0.0242. The number of hydrogen-bond acceptors (Lipinski definition) is 4. The van der Waals surface area contributed by atoms with Crippen molar-refractivity contribution >= 4 is 34.9 Å². The number of nitrogens with zero attached hydrogens (tertiary/aromatic N) is 1. The molecule has 0 fully saturated rings. The molecule has 0 radical (unpaired) electrons. The number of hydrogen-bond donors (Lipinski definition) is 0. The molecule has 5 nitrogen and oxygen atoms in total. The predicted molar refractivity (Wildman–Crippen MR) is 83.1 cm³/mol. The topological polar surface area (TPSA) is 69.4 Å². The fourth-order valence-corrected chi connectivity index (χ4v) is 2.16. The van der Waals surface area contributed by atoms with Gasteiger partial charge in [-0.2, -0.15) is 0 Å². The minimum Gasteiger partial charge on any atom is -0.461 e. The molecule has 0 aromatic heterocycles. The molecule has 2 aromatic carbocycles. The molecule has 0 unspecified atom stereocenters. The van der Waals surface area contributed by atoms with E-state index >= 15 is 0 Å². The van der Waals surface area contributed by atoms with Gasteiger partial charge >= 0.3 is 5.97 Å². The van der Waals surface area contributed by atoms with Gasteiger partial charge in [-0.05, 0) is 17.7 Å². The molecule has 0 spiro atoms. The van der Waals surface area contributed by atoms with Crippen LogP contribution in [0.4, 0.5) is 5.69 Å². The molecule has 0 atom stereocenters. The van der Waals surface area contributed by atoms with E-state index in [-0.39, 0.29) is 18.7 Å². The van der Waals surface area contributed by atoms with E-state index in [1.807, 2.05) is 0 Å². The van der Waals surface area contributed by atoms with E-state index in [9.17, 15) is 14.9 Å². The summed E-state index contributed by atoms with van der Waals surface area (Å²) in [7, 11) is 0. The van der Waals surface area contributed by atoms with Crippen LogP contribution in [0.5, 0.6) is 0 Å². The van der Waals surface area contributed by atoms with Crippen molar-refractivity contribution in [2.24, 2.45) is 0 Å². The van der Waals surface area contributed by atoms with Crippen LogP contribution in [0.25, 0.3) is 0 Å². The molecule has 0 bridgehead atoms. The number of halogens is 2. The Balaban J connectivity index is 1.99. The molecule has 0 amide bonds. The third-order valence-electron chi connectivity index (χ3n) is 2.91. The summed E-state index contributed by atoms with van der Waals surface area (Å²) < 4.78 is 5.10. The highest BCUT2D eigenvalue weighted by Gasteiger charge is 2.16. The summed E-state index contributed by atoms with van der Waals surface area (Å²) in [5, 5.41) is 11.7. The van der Waals surface area contributed by atoms with Gasteiger partial charge in [0.1, 0.15) is 6.61 Å². The Morgan fingerprint density at radius 3 is 2.55 bits per heavy atom. The van der Waals surface area contributed by atoms with E-state index in [1.165, 1.54) is 12.1 Å². The molecular formula is C15H11Cl2NO4. The first-order chi connectivity index (χ1) is 10.5. The number of benzene rings is 2. The molecular weight excluding hydrogens is 329 g/mol. The smallest absolute Gasteiger partial charge is 0.310 e. The number of nitro groups is 1. The van der Waals surface area contributed by atoms with Crippen LogP contribution < -0.4 is 0 Å². The van der Waals surface area contributed by atoms with Crippen molar-refractivity contribution in [3.8, 4) is 0 Å². The first kappa shape index (κ1) is 16.3. The van der Waals surface area contributed by atoms with Crippen LogP contribution in [-0.4, -0.2) is 10.9 Å². The lowest BCUT2D eigenvalue weighted by molar-refractivity contribution is -0.385. The standard InChI is InChI=1S/C15H11Cl2NO4/c16-12-6-5-10(7-13(12)17)9-22-15(19)8-11-3-1-2-4-14(11)18(20)21/h1-7H,8-9H2. The van der Waals surface area contributed by atoms with Gasteiger partial charge in [0, 0.05) is 11.6 Å². The second kappa shape index (κ2) is 7.24. The Kier molecular flexibility index (Phi) is 5.35. The lowest BCUT2D eigenvalue weighted by atomic mass is 10.1. The third-order valence-corrected chi connectivity index (χ3v) is 3.65. The lowest BCUT2D eigenvalue weighted by Gasteiger charge is -2.06. The van der Waals surface area contributed by atoms with Crippen molar-refractivity contribution in [1.82, 2.24) is 0 Å². The molecule has 0 saturated heterocycles. The Morgan fingerprint density at radius 1 is 1.14 bits per heavy atom. The third kappa shape index (κ3) is 4.19. The lowest BCUT2D eigenvalue weighted by Crippen LogP contribution is -2.09. The number of ether oxygens (including phenoxy) is 1. The first-order valence-corrected chi connectivity index (χ1v) is 7.05. The monoisotopic (exact) mass is 339 g/mol. The normalized spacial score (nSPS) is 10.3. The highest BCUT2D eigenvalue weighted by Crippen LogP contribution is 2.23. The Morgan fingerprint density at radius 2 is 1.86 bits per heavy atom. The average Bonchev–Trinajstić information content (AvgIpc) is 2.49. The van der Waals surface area contributed by atoms with Gasteiger partial charge in [-0.3, -0.25) is 14.9 Å². The summed E-state index contributed by atoms with van der Waals surface area (Å²) in [6, 6.07) is 10.9. The molecule has 0 N–H and O–H groups in total. The SMILES string of the molecule is O=C(Cc1ccccc1[N+](=O)[O-])OCc1ccc(Cl)c(Cl)c1. The molecule has 0 heterocycles. The number of carbonyl (C=O) groups excluding carboxylic acids is 1. The van der Waals surface area contributed by atoms with Crippen LogP contribution >= 0.6 is 23.2 Å². The van der Waals surface area contributed by atoms with Crippen LogP contribution in [0.3, 0.4) is 0 Å². The number of nitro benzene ring substituents is 1. The second-order valence-corrected chi connectivity index (χ2v) is 5.29. The van der Waals surface area contributed by atoms with Gasteiger partial charge in [-0.25, -0.2) is 0 Å². The maximum atomic E-state index is 11.8. The zero-order valence-electron chi connectivity index (χ0n) is 11.3. The van der Waals surface area contributed by atoms with Crippen molar-refractivity contribution in [3.05, 3.63) is 73.8 Å². The fourth-order valence-electron chi connectivity index (χ4n) is 1.84. The molecule has 0 aliphatic rings. The Bertz CT molecular complexity index is 718. The highest BCUT2D eigenvalue weighted by atomic mass is 35.5. The van der Waals surface area contributed by atoms with E-state index < -0.39 is 10.9 Å². The Hall–Kier alpha value is -2.11. The van der Waals surface area contributed by atoms with Crippen molar-refractivity contribution in [1.29, 1.82) is 0 Å². The average molecular weight is 340 g/mol. The van der Waals surface area contributed by atoms with Crippen LogP contribution in [0.1, 0.15) is 11.1 Å². The maximum absolute atomic E-state index is 11.8. The molecule has 0 aliphatic carbocycles. The molecule has 0 saturated carbocycles. The van der Waals surface area contributed by atoms with Gasteiger partial charge in [0.05, 0.1) is 21.4 Å². The van der Waals surface area contributed by atoms with Gasteiger partial charge in [-0.1, -0.05) is 47.5 Å². The van der Waals surface area contributed by atoms with Crippen molar-refractivity contribution in [2.75, 3.05) is 0 Å². The number of esters is 1. The summed E-state index contributed by atoms with van der Waals surface area (Å²) >= 11 is 11.7. The quantitative estimate of drug-likeness (QED) is 0.465. The fraction of sp³-hybridized carbons (Fsp3) is 0.133. The number of carbonyl (C=O) groups is 1. The van der Waals surface area contributed by atoms with Gasteiger partial charge in [-0.15, -0.1) is 0 Å². The maximum Gasteiger partial charge on any atom is 0.310 e. The van der Waals surface area contributed by atoms with Crippen molar-refractivity contribution in [3.63, 3.8) is 0 Å². The predicted octanol–water partition coefficient (Wildman–Crippen LogP) is 4.19. The van der Waals surface area contributed by atoms with E-state index in [2.05, 4.69) is 0 Å². The molecule has 2 rings (SSSR count). The largest absolute Gasteiger partial charge is 0.461 e. The first-order valence-electron chi connectivity index (χ1n) is 6.29. The van der Waals surface area contributed by atoms with Gasteiger partial charge in [0.2, 0.25) is 0 Å². The van der Waals surface area contributed by atoms with Gasteiger partial charge in [0.25, 0.3) is 5.69 Å². The minimum atomic E-state index is -0.555. The summed E-state index contributed by atoms with van der Waals surface area (Å²) in [5.74, 6) is -0.555. The zero-order valence-corrected chi connectivity index (χ0v) is 12.8. The molecule has 22 heavy (non-hydrogen) atoms. The van der Waals surface area contributed by atoms with Gasteiger partial charge < -0.3 is 4.74 Å². The number of rotatable bonds is 5. The van der Waals surface area contributed by atoms with Crippen LogP contribution in [0.2, 0.25) is 10.0 Å². The second-order valence-electron chi connectivity index (χ2n) is 4.47. The van der Waals surface area contributed by atoms with Crippen molar-refractivity contribution < 1.29 is 14.5 Å². The summed E-state index contributed by atoms with van der Waals surface area (Å²) in [4.78, 5) is 22.2. The Labute approximate surface area is 136 Å². The van der Waals surface area contributed by atoms with Crippen LogP contribution in [0.15, 0.2) is 42.5 Å². The summed E-state index contributed by atoms with van der Waals surface area (Å²) in [6.07, 6.45) is -0.168. The van der Waals surface area contributed by atoms with Crippen LogP contribution in [-0.2, 0) is 22.6 Å².